The zero-order chi connectivity index (χ0) is 13.0. The van der Waals surface area contributed by atoms with E-state index in [2.05, 4.69) is 4.90 Å². The SMILES string of the molecule is CN(C)CC1CSCCCN1C(=O)c1ccco1. The molecule has 0 aromatic carbocycles. The molecule has 1 amide bonds. The monoisotopic (exact) mass is 268 g/mol. The van der Waals surface area contributed by atoms with Gasteiger partial charge in [0.25, 0.3) is 5.91 Å². The Morgan fingerprint density at radius 1 is 1.61 bits per heavy atom. The summed E-state index contributed by atoms with van der Waals surface area (Å²) in [6, 6.07) is 3.78. The largest absolute Gasteiger partial charge is 0.459 e. The van der Waals surface area contributed by atoms with Crippen molar-refractivity contribution in [1.82, 2.24) is 9.80 Å². The van der Waals surface area contributed by atoms with Gasteiger partial charge in [0, 0.05) is 18.8 Å². The van der Waals surface area contributed by atoms with Gasteiger partial charge in [0.05, 0.1) is 12.3 Å². The number of carbonyl (C=O) groups is 1. The minimum atomic E-state index is 0.0225. The van der Waals surface area contributed by atoms with E-state index in [1.165, 1.54) is 0 Å². The summed E-state index contributed by atoms with van der Waals surface area (Å²) in [6.07, 6.45) is 2.61. The summed E-state index contributed by atoms with van der Waals surface area (Å²) < 4.78 is 5.23. The number of hydrogen-bond donors (Lipinski definition) is 0. The number of amides is 1. The molecule has 1 aromatic heterocycles. The Morgan fingerprint density at radius 3 is 3.11 bits per heavy atom. The molecule has 0 N–H and O–H groups in total. The van der Waals surface area contributed by atoms with E-state index in [1.54, 1.807) is 18.4 Å². The molecule has 1 saturated heterocycles. The lowest BCUT2D eigenvalue weighted by atomic mass is 10.2. The highest BCUT2D eigenvalue weighted by Gasteiger charge is 2.28. The average molecular weight is 268 g/mol. The van der Waals surface area contributed by atoms with Crippen LogP contribution in [-0.2, 0) is 0 Å². The molecular weight excluding hydrogens is 248 g/mol. The van der Waals surface area contributed by atoms with Crippen LogP contribution in [0.5, 0.6) is 0 Å². The van der Waals surface area contributed by atoms with Gasteiger partial charge in [0.2, 0.25) is 0 Å². The van der Waals surface area contributed by atoms with Gasteiger partial charge in [-0.25, -0.2) is 0 Å². The highest BCUT2D eigenvalue weighted by atomic mass is 32.2. The fourth-order valence-electron chi connectivity index (χ4n) is 2.21. The molecule has 1 fully saturated rings. The first-order valence-electron chi connectivity index (χ1n) is 6.25. The summed E-state index contributed by atoms with van der Waals surface area (Å²) >= 11 is 1.93. The first-order chi connectivity index (χ1) is 8.68. The lowest BCUT2D eigenvalue weighted by molar-refractivity contribution is 0.0643. The van der Waals surface area contributed by atoms with E-state index in [-0.39, 0.29) is 11.9 Å². The van der Waals surface area contributed by atoms with Crippen LogP contribution in [0.15, 0.2) is 22.8 Å². The standard InChI is InChI=1S/C13H20N2O2S/c1-14(2)9-11-10-18-8-4-6-15(11)13(16)12-5-3-7-17-12/h3,5,7,11H,4,6,8-10H2,1-2H3. The van der Waals surface area contributed by atoms with E-state index in [1.807, 2.05) is 30.8 Å². The zero-order valence-corrected chi connectivity index (χ0v) is 11.8. The molecule has 0 aliphatic carbocycles. The molecule has 0 radical (unpaired) electrons. The summed E-state index contributed by atoms with van der Waals surface area (Å²) in [6.45, 7) is 1.73. The second-order valence-electron chi connectivity index (χ2n) is 4.82. The normalized spacial score (nSPS) is 21.1. The lowest BCUT2D eigenvalue weighted by Gasteiger charge is -2.31. The smallest absolute Gasteiger partial charge is 0.289 e. The van der Waals surface area contributed by atoms with Gasteiger partial charge in [-0.15, -0.1) is 0 Å². The summed E-state index contributed by atoms with van der Waals surface area (Å²) in [5.74, 6) is 2.61. The number of rotatable bonds is 3. The molecular formula is C13H20N2O2S. The highest BCUT2D eigenvalue weighted by Crippen LogP contribution is 2.19. The van der Waals surface area contributed by atoms with Crippen molar-refractivity contribution in [3.63, 3.8) is 0 Å². The molecule has 1 aromatic rings. The average Bonchev–Trinajstić information content (AvgIpc) is 2.76. The number of furan rings is 1. The van der Waals surface area contributed by atoms with Crippen LogP contribution in [0.3, 0.4) is 0 Å². The van der Waals surface area contributed by atoms with Crippen molar-refractivity contribution in [2.45, 2.75) is 12.5 Å². The van der Waals surface area contributed by atoms with Crippen LogP contribution >= 0.6 is 11.8 Å². The second kappa shape index (κ2) is 6.29. The Kier molecular flexibility index (Phi) is 4.72. The summed E-state index contributed by atoms with van der Waals surface area (Å²) in [7, 11) is 4.09. The maximum atomic E-state index is 12.4. The molecule has 5 heteroatoms. The lowest BCUT2D eigenvalue weighted by Crippen LogP contribution is -2.46. The second-order valence-corrected chi connectivity index (χ2v) is 5.97. The van der Waals surface area contributed by atoms with Crippen molar-refractivity contribution in [1.29, 1.82) is 0 Å². The van der Waals surface area contributed by atoms with Crippen LogP contribution in [0.4, 0.5) is 0 Å². The Balaban J connectivity index is 2.12. The summed E-state index contributed by atoms with van der Waals surface area (Å²) in [5, 5.41) is 0. The molecule has 0 saturated carbocycles. The third-order valence-corrected chi connectivity index (χ3v) is 4.21. The molecule has 1 aliphatic heterocycles. The topological polar surface area (TPSA) is 36.7 Å². The van der Waals surface area contributed by atoms with Gasteiger partial charge in [-0.2, -0.15) is 11.8 Å². The molecule has 0 spiro atoms. The van der Waals surface area contributed by atoms with Crippen LogP contribution < -0.4 is 0 Å². The summed E-state index contributed by atoms with van der Waals surface area (Å²) in [5.41, 5.74) is 0. The molecule has 4 nitrogen and oxygen atoms in total. The van der Waals surface area contributed by atoms with Gasteiger partial charge < -0.3 is 14.2 Å². The third kappa shape index (κ3) is 3.29. The van der Waals surface area contributed by atoms with Crippen molar-refractivity contribution in [3.8, 4) is 0 Å². The van der Waals surface area contributed by atoms with Gasteiger partial charge in [-0.05, 0) is 38.4 Å². The van der Waals surface area contributed by atoms with E-state index < -0.39 is 0 Å². The minimum Gasteiger partial charge on any atom is -0.459 e. The fourth-order valence-corrected chi connectivity index (χ4v) is 3.27. The third-order valence-electron chi connectivity index (χ3n) is 3.01. The van der Waals surface area contributed by atoms with E-state index in [0.717, 1.165) is 31.0 Å². The maximum absolute atomic E-state index is 12.4. The van der Waals surface area contributed by atoms with Gasteiger partial charge in [-0.1, -0.05) is 0 Å². The number of carbonyl (C=O) groups excluding carboxylic acids is 1. The summed E-state index contributed by atoms with van der Waals surface area (Å²) in [4.78, 5) is 16.5. The molecule has 2 heterocycles. The van der Waals surface area contributed by atoms with Crippen molar-refractivity contribution in [2.75, 3.05) is 38.7 Å². The first-order valence-corrected chi connectivity index (χ1v) is 7.41. The van der Waals surface area contributed by atoms with Crippen molar-refractivity contribution >= 4 is 17.7 Å². The molecule has 1 atom stereocenters. The Hall–Kier alpha value is -0.940. The number of thioether (sulfide) groups is 1. The van der Waals surface area contributed by atoms with Crippen molar-refractivity contribution < 1.29 is 9.21 Å². The highest BCUT2D eigenvalue weighted by molar-refractivity contribution is 7.99. The van der Waals surface area contributed by atoms with Crippen LogP contribution in [0.2, 0.25) is 0 Å². The fraction of sp³-hybridized carbons (Fsp3) is 0.615. The Labute approximate surface area is 112 Å². The molecule has 100 valence electrons. The van der Waals surface area contributed by atoms with Gasteiger partial charge in [0.1, 0.15) is 0 Å². The van der Waals surface area contributed by atoms with Crippen LogP contribution in [0, 0.1) is 0 Å². The zero-order valence-electron chi connectivity index (χ0n) is 11.0. The molecule has 2 rings (SSSR count). The Bertz CT molecular complexity index is 378. The molecule has 18 heavy (non-hydrogen) atoms. The maximum Gasteiger partial charge on any atom is 0.289 e. The van der Waals surface area contributed by atoms with E-state index in [4.69, 9.17) is 4.42 Å². The molecule has 1 unspecified atom stereocenters. The van der Waals surface area contributed by atoms with Crippen molar-refractivity contribution in [2.24, 2.45) is 0 Å². The quantitative estimate of drug-likeness (QED) is 0.837. The van der Waals surface area contributed by atoms with Crippen LogP contribution in [0.1, 0.15) is 17.0 Å². The first kappa shape index (κ1) is 13.5. The minimum absolute atomic E-state index is 0.0225. The Morgan fingerprint density at radius 2 is 2.44 bits per heavy atom. The predicted octanol–water partition coefficient (Wildman–Crippen LogP) is 1.79. The van der Waals surface area contributed by atoms with Crippen LogP contribution in [0.25, 0.3) is 0 Å². The van der Waals surface area contributed by atoms with Crippen LogP contribution in [-0.4, -0.2) is 60.4 Å². The van der Waals surface area contributed by atoms with Gasteiger partial charge >= 0.3 is 0 Å². The van der Waals surface area contributed by atoms with E-state index >= 15 is 0 Å². The molecule has 0 bridgehead atoms. The van der Waals surface area contributed by atoms with E-state index in [0.29, 0.717) is 5.76 Å². The van der Waals surface area contributed by atoms with Gasteiger partial charge in [-0.3, -0.25) is 4.79 Å². The number of likely N-dealkylation sites (N-methyl/N-ethyl adjacent to an activating group) is 1. The van der Waals surface area contributed by atoms with Crippen molar-refractivity contribution in [3.05, 3.63) is 24.2 Å². The predicted molar refractivity (Wildman–Crippen MR) is 74.0 cm³/mol. The number of hydrogen-bond acceptors (Lipinski definition) is 4. The van der Waals surface area contributed by atoms with Gasteiger partial charge in [0.15, 0.2) is 5.76 Å². The number of nitrogens with zero attached hydrogens (tertiary/aromatic N) is 2. The molecule has 1 aliphatic rings. The van der Waals surface area contributed by atoms with E-state index in [9.17, 15) is 4.79 Å².